The first-order valence-corrected chi connectivity index (χ1v) is 9.25. The minimum Gasteiger partial charge on any atom is -0.507 e. The lowest BCUT2D eigenvalue weighted by Gasteiger charge is -2.19. The lowest BCUT2D eigenvalue weighted by atomic mass is 9.94. The molecule has 0 saturated heterocycles. The summed E-state index contributed by atoms with van der Waals surface area (Å²) in [7, 11) is 1.54. The minimum atomic E-state index is -0.860. The number of cyclic esters (lactones) is 1. The molecular formula is C19H22O6S. The molecule has 6 nitrogen and oxygen atoms in total. The van der Waals surface area contributed by atoms with Crippen LogP contribution in [0.3, 0.4) is 0 Å². The number of benzene rings is 1. The Morgan fingerprint density at radius 2 is 2.19 bits per heavy atom. The van der Waals surface area contributed by atoms with Crippen LogP contribution in [0.25, 0.3) is 0 Å². The molecule has 0 spiro atoms. The van der Waals surface area contributed by atoms with Crippen molar-refractivity contribution in [2.45, 2.75) is 50.9 Å². The maximum absolute atomic E-state index is 11.9. The number of phenolic OH excluding ortho intramolecular Hbond substituents is 1. The van der Waals surface area contributed by atoms with Crippen LogP contribution in [0, 0.1) is 6.92 Å². The van der Waals surface area contributed by atoms with E-state index in [4.69, 9.17) is 14.6 Å². The van der Waals surface area contributed by atoms with Crippen molar-refractivity contribution in [1.82, 2.24) is 0 Å². The molecule has 1 saturated carbocycles. The van der Waals surface area contributed by atoms with Crippen LogP contribution in [0.2, 0.25) is 0 Å². The summed E-state index contributed by atoms with van der Waals surface area (Å²) in [6.45, 7) is 3.96. The van der Waals surface area contributed by atoms with Crippen LogP contribution in [0.1, 0.15) is 53.2 Å². The van der Waals surface area contributed by atoms with Gasteiger partial charge < -0.3 is 19.7 Å². The van der Waals surface area contributed by atoms with Gasteiger partial charge in [-0.3, -0.25) is 0 Å². The van der Waals surface area contributed by atoms with Crippen molar-refractivity contribution in [3.63, 3.8) is 0 Å². The van der Waals surface area contributed by atoms with Gasteiger partial charge in [0.05, 0.1) is 7.11 Å². The predicted octanol–water partition coefficient (Wildman–Crippen LogP) is 4.20. The number of thioether (sulfide) groups is 1. The Morgan fingerprint density at radius 1 is 1.46 bits per heavy atom. The molecule has 140 valence electrons. The molecule has 1 fully saturated rings. The van der Waals surface area contributed by atoms with Gasteiger partial charge in [0.15, 0.2) is 0 Å². The monoisotopic (exact) mass is 378 g/mol. The number of allylic oxidation sites excluding steroid dienone is 2. The highest BCUT2D eigenvalue weighted by atomic mass is 32.2. The Bertz CT molecular complexity index is 813. The molecule has 1 aromatic carbocycles. The molecule has 1 aliphatic carbocycles. The number of aromatic hydroxyl groups is 1. The third-order valence-corrected chi connectivity index (χ3v) is 6.17. The molecule has 1 heterocycles. The first-order chi connectivity index (χ1) is 12.3. The number of carboxylic acid groups (broad SMARTS) is 1. The molecule has 1 aromatic rings. The second kappa shape index (κ2) is 6.87. The first-order valence-electron chi connectivity index (χ1n) is 8.44. The van der Waals surface area contributed by atoms with Gasteiger partial charge in [0.1, 0.15) is 23.7 Å². The Morgan fingerprint density at radius 3 is 2.85 bits per heavy atom. The Hall–Kier alpha value is -2.15. The molecule has 0 bridgehead atoms. The molecule has 0 aromatic heterocycles. The maximum atomic E-state index is 11.9. The maximum Gasteiger partial charge on any atom is 0.365 e. The van der Waals surface area contributed by atoms with Crippen molar-refractivity contribution >= 4 is 23.0 Å². The number of esters is 1. The molecule has 1 atom stereocenters. The van der Waals surface area contributed by atoms with Crippen molar-refractivity contribution in [1.29, 1.82) is 0 Å². The van der Waals surface area contributed by atoms with E-state index in [1.165, 1.54) is 0 Å². The number of methoxy groups -OCH3 is 1. The number of rotatable bonds is 4. The van der Waals surface area contributed by atoms with Crippen molar-refractivity contribution in [2.24, 2.45) is 0 Å². The van der Waals surface area contributed by atoms with Gasteiger partial charge in [-0.1, -0.05) is 11.6 Å². The van der Waals surface area contributed by atoms with E-state index in [9.17, 15) is 14.7 Å². The number of hydrogen-bond acceptors (Lipinski definition) is 6. The SMILES string of the molecule is COc1c(C)c2c(c(O)c1CC=C1CCC(C)(SC(=O)O)C1)C(=O)OC2. The molecule has 1 aliphatic heterocycles. The molecule has 0 amide bonds. The van der Waals surface area contributed by atoms with E-state index in [1.54, 1.807) is 7.11 Å². The molecule has 3 rings (SSSR count). The topological polar surface area (TPSA) is 93.1 Å². The zero-order chi connectivity index (χ0) is 19.1. The smallest absolute Gasteiger partial charge is 0.365 e. The second-order valence-electron chi connectivity index (χ2n) is 6.98. The summed E-state index contributed by atoms with van der Waals surface area (Å²) < 4.78 is 10.2. The Balaban J connectivity index is 1.89. The van der Waals surface area contributed by atoms with E-state index in [1.807, 2.05) is 19.9 Å². The van der Waals surface area contributed by atoms with Gasteiger partial charge in [-0.15, -0.1) is 0 Å². The number of carbonyl (C=O) groups excluding carboxylic acids is 1. The Labute approximate surface area is 156 Å². The summed E-state index contributed by atoms with van der Waals surface area (Å²) in [5.74, 6) is -0.0250. The number of carbonyl (C=O) groups is 2. The van der Waals surface area contributed by atoms with Gasteiger partial charge in [0.25, 0.3) is 0 Å². The number of hydrogen-bond donors (Lipinski definition) is 2. The molecule has 7 heteroatoms. The fourth-order valence-electron chi connectivity index (χ4n) is 3.83. The van der Waals surface area contributed by atoms with Crippen molar-refractivity contribution in [3.05, 3.63) is 33.9 Å². The van der Waals surface area contributed by atoms with Crippen molar-refractivity contribution in [2.75, 3.05) is 7.11 Å². The highest BCUT2D eigenvalue weighted by Gasteiger charge is 2.35. The van der Waals surface area contributed by atoms with Gasteiger partial charge in [0, 0.05) is 15.9 Å². The van der Waals surface area contributed by atoms with Crippen molar-refractivity contribution in [3.8, 4) is 11.5 Å². The average molecular weight is 378 g/mol. The highest BCUT2D eigenvalue weighted by molar-refractivity contribution is 8.14. The fraction of sp³-hybridized carbons (Fsp3) is 0.474. The zero-order valence-corrected chi connectivity index (χ0v) is 15.9. The van der Waals surface area contributed by atoms with Crippen LogP contribution < -0.4 is 4.74 Å². The average Bonchev–Trinajstić information content (AvgIpc) is 3.12. The van der Waals surface area contributed by atoms with E-state index < -0.39 is 11.3 Å². The lowest BCUT2D eigenvalue weighted by molar-refractivity contribution is 0.0533. The molecule has 2 N–H and O–H groups in total. The van der Waals surface area contributed by atoms with Gasteiger partial charge >= 0.3 is 11.3 Å². The number of fused-ring (bicyclic) bond motifs is 1. The number of ether oxygens (including phenoxy) is 2. The van der Waals surface area contributed by atoms with E-state index in [0.717, 1.165) is 35.7 Å². The molecule has 2 aliphatic rings. The van der Waals surface area contributed by atoms with Crippen LogP contribution in [-0.2, 0) is 17.8 Å². The molecule has 26 heavy (non-hydrogen) atoms. The second-order valence-corrected chi connectivity index (χ2v) is 8.52. The summed E-state index contributed by atoms with van der Waals surface area (Å²) in [6, 6.07) is 0. The lowest BCUT2D eigenvalue weighted by Crippen LogP contribution is -2.16. The van der Waals surface area contributed by atoms with Gasteiger partial charge in [-0.2, -0.15) is 0 Å². The van der Waals surface area contributed by atoms with Crippen LogP contribution in [0.4, 0.5) is 4.79 Å². The fourth-order valence-corrected chi connectivity index (χ4v) is 4.71. The summed E-state index contributed by atoms with van der Waals surface area (Å²) >= 11 is 0.960. The van der Waals surface area contributed by atoms with Crippen LogP contribution >= 0.6 is 11.8 Å². The third-order valence-electron chi connectivity index (χ3n) is 5.15. The van der Waals surface area contributed by atoms with Gasteiger partial charge in [-0.25, -0.2) is 9.59 Å². The quantitative estimate of drug-likeness (QED) is 0.599. The van der Waals surface area contributed by atoms with Gasteiger partial charge in [0.2, 0.25) is 0 Å². The Kier molecular flexibility index (Phi) is 4.92. The molecule has 1 unspecified atom stereocenters. The zero-order valence-electron chi connectivity index (χ0n) is 15.0. The minimum absolute atomic E-state index is 0.0810. The van der Waals surface area contributed by atoms with E-state index in [-0.39, 0.29) is 22.7 Å². The standard InChI is InChI=1S/C19H22O6S/c1-10-13-9-25-17(21)14(13)15(20)12(16(10)24-3)5-4-11-6-7-19(2,8-11)26-18(22)23/h4,20H,5-9H2,1-3H3,(H,22,23). The van der Waals surface area contributed by atoms with E-state index in [0.29, 0.717) is 29.7 Å². The highest BCUT2D eigenvalue weighted by Crippen LogP contribution is 2.45. The van der Waals surface area contributed by atoms with Gasteiger partial charge in [-0.05, 0) is 56.9 Å². The normalized spacial score (nSPS) is 23.2. The summed E-state index contributed by atoms with van der Waals surface area (Å²) in [5.41, 5.74) is 3.43. The van der Waals surface area contributed by atoms with E-state index >= 15 is 0 Å². The van der Waals surface area contributed by atoms with Crippen LogP contribution in [-0.4, -0.2) is 33.3 Å². The third kappa shape index (κ3) is 3.28. The summed E-state index contributed by atoms with van der Waals surface area (Å²) in [6.07, 6.45) is 4.75. The molecule has 0 radical (unpaired) electrons. The predicted molar refractivity (Wildman–Crippen MR) is 98.2 cm³/mol. The van der Waals surface area contributed by atoms with E-state index in [2.05, 4.69) is 0 Å². The van der Waals surface area contributed by atoms with Crippen LogP contribution in [0.15, 0.2) is 11.6 Å². The largest absolute Gasteiger partial charge is 0.507 e. The van der Waals surface area contributed by atoms with Crippen molar-refractivity contribution < 1.29 is 29.3 Å². The molecular weight excluding hydrogens is 356 g/mol. The van der Waals surface area contributed by atoms with Crippen LogP contribution in [0.5, 0.6) is 11.5 Å². The first kappa shape index (κ1) is 18.6. The number of phenols is 1. The summed E-state index contributed by atoms with van der Waals surface area (Å²) in [4.78, 5) is 22.9. The summed E-state index contributed by atoms with van der Waals surface area (Å²) in [5, 5.41) is 18.8.